The number of aliphatic imine (C=N–C) groups is 1. The number of aryl methyl sites for hydroxylation is 1. The molecule has 10 heteroatoms. The predicted octanol–water partition coefficient (Wildman–Crippen LogP) is 3.21. The van der Waals surface area contributed by atoms with Gasteiger partial charge in [0.05, 0.1) is 11.4 Å². The summed E-state index contributed by atoms with van der Waals surface area (Å²) < 4.78 is 28.2. The fourth-order valence-electron chi connectivity index (χ4n) is 2.88. The van der Waals surface area contributed by atoms with Gasteiger partial charge in [-0.1, -0.05) is 29.8 Å². The lowest BCUT2D eigenvalue weighted by atomic mass is 10.1. The van der Waals surface area contributed by atoms with Gasteiger partial charge in [0.1, 0.15) is 12.0 Å². The molecule has 8 nitrogen and oxygen atoms in total. The summed E-state index contributed by atoms with van der Waals surface area (Å²) in [6.07, 6.45) is 2.33. The zero-order chi connectivity index (χ0) is 22.3. The number of oxazole rings is 1. The maximum atomic E-state index is 11.3. The molecular weight excluding hydrogens is 541 g/mol. The van der Waals surface area contributed by atoms with Crippen LogP contribution in [-0.4, -0.2) is 32.5 Å². The average Bonchev–Trinajstić information content (AvgIpc) is 3.21. The number of nitrogens with zero attached hydrogens (tertiary/aromatic N) is 2. The highest BCUT2D eigenvalue weighted by Gasteiger charge is 2.08. The molecule has 2 aromatic carbocycles. The van der Waals surface area contributed by atoms with Crippen LogP contribution < -0.4 is 15.8 Å². The Morgan fingerprint density at radius 2 is 1.78 bits per heavy atom. The number of primary sulfonamides is 1. The van der Waals surface area contributed by atoms with Crippen LogP contribution in [0.1, 0.15) is 23.7 Å². The molecule has 1 aromatic heterocycles. The largest absolute Gasteiger partial charge is 0.444 e. The summed E-state index contributed by atoms with van der Waals surface area (Å²) in [5, 5.41) is 11.6. The lowest BCUT2D eigenvalue weighted by molar-refractivity contribution is 0.572. The van der Waals surface area contributed by atoms with Crippen LogP contribution >= 0.6 is 24.0 Å². The molecule has 0 aliphatic rings. The molecule has 0 saturated carbocycles. The normalized spacial score (nSPS) is 11.7. The van der Waals surface area contributed by atoms with E-state index in [0.717, 1.165) is 23.4 Å². The Labute approximate surface area is 205 Å². The monoisotopic (exact) mass is 569 g/mol. The van der Waals surface area contributed by atoms with Gasteiger partial charge >= 0.3 is 0 Å². The van der Waals surface area contributed by atoms with Crippen molar-refractivity contribution in [3.63, 3.8) is 0 Å². The molecule has 0 bridgehead atoms. The van der Waals surface area contributed by atoms with E-state index in [9.17, 15) is 8.42 Å². The molecule has 3 rings (SSSR count). The molecule has 0 atom stereocenters. The van der Waals surface area contributed by atoms with Crippen molar-refractivity contribution >= 4 is 40.0 Å². The van der Waals surface area contributed by atoms with E-state index >= 15 is 0 Å². The van der Waals surface area contributed by atoms with Gasteiger partial charge in [0.15, 0.2) is 5.96 Å². The zero-order valence-electron chi connectivity index (χ0n) is 18.0. The average molecular weight is 569 g/mol. The molecule has 0 saturated heterocycles. The Hall–Kier alpha value is -2.44. The lowest BCUT2D eigenvalue weighted by Gasteiger charge is -2.11. The summed E-state index contributed by atoms with van der Waals surface area (Å²) in [7, 11) is -3.67. The SMILES string of the molecule is CCNC(=NCc1coc(-c2ccc(C)cc2)n1)NCCc1ccc(S(N)(=O)=O)cc1.I. The lowest BCUT2D eigenvalue weighted by Crippen LogP contribution is -2.38. The maximum absolute atomic E-state index is 11.3. The molecule has 0 aliphatic carbocycles. The van der Waals surface area contributed by atoms with Crippen LogP contribution in [0, 0.1) is 6.92 Å². The Bertz CT molecular complexity index is 1130. The number of guanidine groups is 1. The van der Waals surface area contributed by atoms with Gasteiger partial charge in [0, 0.05) is 18.7 Å². The summed E-state index contributed by atoms with van der Waals surface area (Å²) in [5.74, 6) is 1.25. The number of nitrogens with one attached hydrogen (secondary N) is 2. The topological polar surface area (TPSA) is 123 Å². The fraction of sp³-hybridized carbons (Fsp3) is 0.273. The van der Waals surface area contributed by atoms with Crippen molar-refractivity contribution in [2.75, 3.05) is 13.1 Å². The molecule has 3 aromatic rings. The van der Waals surface area contributed by atoms with Gasteiger partial charge in [0.25, 0.3) is 0 Å². The number of aromatic nitrogens is 1. The van der Waals surface area contributed by atoms with E-state index in [0.29, 0.717) is 31.4 Å². The number of benzene rings is 2. The van der Waals surface area contributed by atoms with Crippen LogP contribution in [0.15, 0.2) is 69.1 Å². The summed E-state index contributed by atoms with van der Waals surface area (Å²) in [4.78, 5) is 9.18. The summed E-state index contributed by atoms with van der Waals surface area (Å²) in [5.41, 5.74) is 3.85. The molecule has 0 unspecified atom stereocenters. The molecule has 0 fully saturated rings. The smallest absolute Gasteiger partial charge is 0.238 e. The van der Waals surface area contributed by atoms with Crippen LogP contribution in [-0.2, 0) is 23.0 Å². The first-order chi connectivity index (χ1) is 14.8. The maximum Gasteiger partial charge on any atom is 0.238 e. The van der Waals surface area contributed by atoms with Gasteiger partial charge in [-0.3, -0.25) is 0 Å². The summed E-state index contributed by atoms with van der Waals surface area (Å²) >= 11 is 0. The molecule has 0 radical (unpaired) electrons. The minimum Gasteiger partial charge on any atom is -0.444 e. The number of rotatable bonds is 8. The number of hydrogen-bond acceptors (Lipinski definition) is 5. The molecule has 4 N–H and O–H groups in total. The third-order valence-corrected chi connectivity index (χ3v) is 5.48. The van der Waals surface area contributed by atoms with Crippen molar-refractivity contribution < 1.29 is 12.8 Å². The summed E-state index contributed by atoms with van der Waals surface area (Å²) in [6, 6.07) is 14.5. The van der Waals surface area contributed by atoms with Crippen molar-refractivity contribution in [2.45, 2.75) is 31.7 Å². The Morgan fingerprint density at radius 1 is 1.09 bits per heavy atom. The molecular formula is C22H28IN5O3S. The Kier molecular flexibility index (Phi) is 9.66. The second-order valence-electron chi connectivity index (χ2n) is 7.07. The van der Waals surface area contributed by atoms with Crippen LogP contribution in [0.4, 0.5) is 0 Å². The van der Waals surface area contributed by atoms with Gasteiger partial charge in [-0.25, -0.2) is 23.5 Å². The second-order valence-corrected chi connectivity index (χ2v) is 8.63. The minimum atomic E-state index is -3.67. The standard InChI is InChI=1S/C22H27N5O3S.HI/c1-3-24-22(25-13-12-17-6-10-20(11-7-17)31(23,28)29)26-14-19-15-30-21(27-19)18-8-4-16(2)5-9-18;/h4-11,15H,3,12-14H2,1-2H3,(H2,23,28,29)(H2,24,25,26);1H. The Balaban J connectivity index is 0.00000363. The van der Waals surface area contributed by atoms with E-state index in [1.54, 1.807) is 18.4 Å². The number of nitrogens with two attached hydrogens (primary N) is 1. The fourth-order valence-corrected chi connectivity index (χ4v) is 3.40. The first kappa shape index (κ1) is 25.8. The van der Waals surface area contributed by atoms with Crippen molar-refractivity contribution in [2.24, 2.45) is 10.1 Å². The molecule has 0 spiro atoms. The van der Waals surface area contributed by atoms with Crippen molar-refractivity contribution in [1.29, 1.82) is 0 Å². The highest BCUT2D eigenvalue weighted by Crippen LogP contribution is 2.19. The highest BCUT2D eigenvalue weighted by atomic mass is 127. The van der Waals surface area contributed by atoms with Crippen LogP contribution in [0.25, 0.3) is 11.5 Å². The second kappa shape index (κ2) is 12.0. The number of hydrogen-bond donors (Lipinski definition) is 3. The van der Waals surface area contributed by atoms with Gasteiger partial charge in [-0.2, -0.15) is 0 Å². The summed E-state index contributed by atoms with van der Waals surface area (Å²) in [6.45, 7) is 5.77. The van der Waals surface area contributed by atoms with E-state index in [-0.39, 0.29) is 28.9 Å². The highest BCUT2D eigenvalue weighted by molar-refractivity contribution is 14.0. The molecule has 1 heterocycles. The van der Waals surface area contributed by atoms with E-state index < -0.39 is 10.0 Å². The third-order valence-electron chi connectivity index (χ3n) is 4.55. The third kappa shape index (κ3) is 7.61. The van der Waals surface area contributed by atoms with Crippen molar-refractivity contribution in [1.82, 2.24) is 15.6 Å². The zero-order valence-corrected chi connectivity index (χ0v) is 21.2. The van der Waals surface area contributed by atoms with Crippen molar-refractivity contribution in [3.8, 4) is 11.5 Å². The van der Waals surface area contributed by atoms with Crippen LogP contribution in [0.2, 0.25) is 0 Å². The van der Waals surface area contributed by atoms with Gasteiger partial charge < -0.3 is 15.1 Å². The number of halogens is 1. The molecule has 32 heavy (non-hydrogen) atoms. The van der Waals surface area contributed by atoms with Gasteiger partial charge in [-0.05, 0) is 50.1 Å². The molecule has 0 amide bonds. The number of sulfonamides is 1. The molecule has 0 aliphatic heterocycles. The van der Waals surface area contributed by atoms with Gasteiger partial charge in [-0.15, -0.1) is 24.0 Å². The van der Waals surface area contributed by atoms with E-state index in [1.807, 2.05) is 38.1 Å². The first-order valence-corrected chi connectivity index (χ1v) is 11.5. The van der Waals surface area contributed by atoms with Crippen LogP contribution in [0.5, 0.6) is 0 Å². The first-order valence-electron chi connectivity index (χ1n) is 10.0. The van der Waals surface area contributed by atoms with E-state index in [2.05, 4.69) is 20.6 Å². The quantitative estimate of drug-likeness (QED) is 0.218. The van der Waals surface area contributed by atoms with Crippen LogP contribution in [0.3, 0.4) is 0 Å². The van der Waals surface area contributed by atoms with Gasteiger partial charge in [0.2, 0.25) is 15.9 Å². The molecule has 172 valence electrons. The van der Waals surface area contributed by atoms with E-state index in [1.165, 1.54) is 17.7 Å². The van der Waals surface area contributed by atoms with E-state index in [4.69, 9.17) is 9.56 Å². The predicted molar refractivity (Wildman–Crippen MR) is 136 cm³/mol. The Morgan fingerprint density at radius 3 is 2.41 bits per heavy atom. The van der Waals surface area contributed by atoms with Crippen molar-refractivity contribution in [3.05, 3.63) is 71.6 Å². The minimum absolute atomic E-state index is 0.